The second kappa shape index (κ2) is 22.6. The van der Waals surface area contributed by atoms with Crippen molar-refractivity contribution in [2.24, 2.45) is 5.41 Å². The number of amides is 6. The zero-order valence-electron chi connectivity index (χ0n) is 34.9. The summed E-state index contributed by atoms with van der Waals surface area (Å²) in [7, 11) is -1.04. The molecule has 6 N–H and O–H groups in total. The molecule has 0 spiro atoms. The summed E-state index contributed by atoms with van der Waals surface area (Å²) in [6.45, 7) is 2.74. The highest BCUT2D eigenvalue weighted by Gasteiger charge is 2.50. The lowest BCUT2D eigenvalue weighted by Gasteiger charge is -2.38. The van der Waals surface area contributed by atoms with Crippen LogP contribution in [0.25, 0.3) is 22.9 Å². The second-order valence-corrected chi connectivity index (χ2v) is 15.7. The quantitative estimate of drug-likeness (QED) is 0.0293. The normalized spacial score (nSPS) is 14.2. The van der Waals surface area contributed by atoms with Crippen LogP contribution in [-0.2, 0) is 40.0 Å². The van der Waals surface area contributed by atoms with E-state index in [4.69, 9.17) is 4.52 Å². The van der Waals surface area contributed by atoms with Crippen LogP contribution in [-0.4, -0.2) is 96.2 Å². The first kappa shape index (κ1) is 46.8. The molecular weight excluding hydrogens is 816 g/mol. The average molecular weight is 869 g/mol. The van der Waals surface area contributed by atoms with Gasteiger partial charge in [-0.25, -0.2) is 0 Å². The second-order valence-electron chi connectivity index (χ2n) is 15.0. The third kappa shape index (κ3) is 12.2. The van der Waals surface area contributed by atoms with Crippen LogP contribution < -0.4 is 30.7 Å². The van der Waals surface area contributed by atoms with Crippen molar-refractivity contribution in [2.75, 3.05) is 50.0 Å². The van der Waals surface area contributed by atoms with Gasteiger partial charge in [-0.15, -0.1) is 0 Å². The van der Waals surface area contributed by atoms with E-state index >= 15 is 0 Å². The van der Waals surface area contributed by atoms with Gasteiger partial charge in [0.25, 0.3) is 5.91 Å². The van der Waals surface area contributed by atoms with E-state index in [0.29, 0.717) is 86.8 Å². The molecule has 0 aromatic heterocycles. The third-order valence-electron chi connectivity index (χ3n) is 10.8. The Morgan fingerprint density at radius 3 is 2.35 bits per heavy atom. The zero-order valence-corrected chi connectivity index (χ0v) is 35.7. The van der Waals surface area contributed by atoms with Crippen molar-refractivity contribution in [3.8, 4) is 5.75 Å². The number of likely N-dealkylation sites (N-methyl/N-ethyl adjacent to an activating group) is 1. The summed E-state index contributed by atoms with van der Waals surface area (Å²) in [5.74, 6) is -2.16. The Kier molecular flexibility index (Phi) is 17.1. The first-order valence-corrected chi connectivity index (χ1v) is 21.7. The zero-order chi connectivity index (χ0) is 44.6. The van der Waals surface area contributed by atoms with Gasteiger partial charge in [-0.2, -0.15) is 0 Å². The summed E-state index contributed by atoms with van der Waals surface area (Å²) in [4.78, 5) is 110. The summed E-state index contributed by atoms with van der Waals surface area (Å²) >= 11 is 0. The summed E-state index contributed by atoms with van der Waals surface area (Å²) < 4.78 is 5.32. The molecule has 0 bridgehead atoms. The number of hydrogen-bond donors (Lipinski definition) is 6. The average Bonchev–Trinajstić information content (AvgIpc) is 3.66. The molecule has 0 saturated heterocycles. The van der Waals surface area contributed by atoms with Crippen molar-refractivity contribution in [3.05, 3.63) is 89.5 Å². The molecule has 1 saturated carbocycles. The number of nitrogens with zero attached hydrogens (tertiary/aromatic N) is 2. The van der Waals surface area contributed by atoms with Gasteiger partial charge in [0.1, 0.15) is 17.5 Å². The van der Waals surface area contributed by atoms with Crippen LogP contribution in [0.5, 0.6) is 5.75 Å². The standard InChI is InChI=1S/C45H53N6O10P/c1-3-11-31-15-16-32(17-18-42(56)51-26-20-34-33-12-5-6-13-35(33)38(29-37(34)51)61-62(59)60)36(28-31)49-39(53)19-24-46-40(54)30-48-44(58)45(21-10-22-45)43(57)47-23-7-4-8-25-50(2)41(55)14-9-27-52/h3,5-6,9,11-18,27-29,59-60H,4,7-8,10,19-26,30H2,1-2H3,(H,46,54)(H,47,57)(H,48,58)(H,49,53)/b11-3+,14-9-,18-17+. The predicted octanol–water partition coefficient (Wildman–Crippen LogP) is 4.30. The van der Waals surface area contributed by atoms with Crippen LogP contribution in [0.4, 0.5) is 11.4 Å². The number of carbonyl (C=O) groups excluding carboxylic acids is 7. The number of allylic oxidation sites excluding steroid dienone is 2. The Labute approximate surface area is 361 Å². The van der Waals surface area contributed by atoms with Gasteiger partial charge in [0.05, 0.1) is 12.2 Å². The molecule has 5 rings (SSSR count). The molecule has 0 radical (unpaired) electrons. The first-order valence-electron chi connectivity index (χ1n) is 20.5. The predicted molar refractivity (Wildman–Crippen MR) is 237 cm³/mol. The van der Waals surface area contributed by atoms with Crippen molar-refractivity contribution in [2.45, 2.75) is 58.3 Å². The molecule has 0 atom stereocenters. The molecule has 6 amide bonds. The van der Waals surface area contributed by atoms with Gasteiger partial charge in [-0.1, -0.05) is 55.0 Å². The first-order chi connectivity index (χ1) is 29.9. The van der Waals surface area contributed by atoms with Gasteiger partial charge in [0, 0.05) is 68.9 Å². The lowest BCUT2D eigenvalue weighted by atomic mass is 9.67. The molecular formula is C45H53N6O10P. The van der Waals surface area contributed by atoms with E-state index in [2.05, 4.69) is 21.3 Å². The lowest BCUT2D eigenvalue weighted by molar-refractivity contribution is -0.150. The number of rotatable bonds is 21. The number of benzene rings is 3. The molecule has 328 valence electrons. The smallest absolute Gasteiger partial charge is 0.391 e. The maximum Gasteiger partial charge on any atom is 0.391 e. The fourth-order valence-electron chi connectivity index (χ4n) is 7.39. The minimum absolute atomic E-state index is 0.0208. The largest absolute Gasteiger partial charge is 0.426 e. The molecule has 17 heteroatoms. The highest BCUT2D eigenvalue weighted by atomic mass is 31.2. The van der Waals surface area contributed by atoms with Crippen molar-refractivity contribution < 1.29 is 47.9 Å². The van der Waals surface area contributed by atoms with E-state index in [-0.39, 0.29) is 43.0 Å². The maximum absolute atomic E-state index is 13.6. The molecule has 2 aliphatic rings. The van der Waals surface area contributed by atoms with Gasteiger partial charge in [-0.05, 0) is 85.7 Å². The topological polar surface area (TPSA) is 224 Å². The Morgan fingerprint density at radius 2 is 1.65 bits per heavy atom. The molecule has 0 unspecified atom stereocenters. The van der Waals surface area contributed by atoms with Crippen LogP contribution in [0.1, 0.15) is 68.6 Å². The summed E-state index contributed by atoms with van der Waals surface area (Å²) in [5.41, 5.74) is 2.14. The fourth-order valence-corrected chi connectivity index (χ4v) is 7.72. The summed E-state index contributed by atoms with van der Waals surface area (Å²) in [6, 6.07) is 14.5. The summed E-state index contributed by atoms with van der Waals surface area (Å²) in [6.07, 6.45) is 13.7. The molecule has 16 nitrogen and oxygen atoms in total. The maximum atomic E-state index is 13.6. The van der Waals surface area contributed by atoms with E-state index in [9.17, 15) is 43.3 Å². The molecule has 1 aliphatic carbocycles. The van der Waals surface area contributed by atoms with Crippen LogP contribution in [0.15, 0.2) is 72.8 Å². The van der Waals surface area contributed by atoms with Gasteiger partial charge >= 0.3 is 8.60 Å². The molecule has 1 fully saturated rings. The lowest BCUT2D eigenvalue weighted by Crippen LogP contribution is -2.56. The van der Waals surface area contributed by atoms with Gasteiger partial charge in [0.15, 0.2) is 0 Å². The van der Waals surface area contributed by atoms with Crippen molar-refractivity contribution in [3.63, 3.8) is 0 Å². The molecule has 62 heavy (non-hydrogen) atoms. The minimum Gasteiger partial charge on any atom is -0.426 e. The number of hydrogen-bond acceptors (Lipinski definition) is 10. The van der Waals surface area contributed by atoms with E-state index in [1.807, 2.05) is 49.4 Å². The highest BCUT2D eigenvalue weighted by Crippen LogP contribution is 2.44. The number of nitrogens with one attached hydrogen (secondary N) is 4. The Balaban J connectivity index is 1.09. The van der Waals surface area contributed by atoms with Crippen LogP contribution in [0, 0.1) is 5.41 Å². The van der Waals surface area contributed by atoms with Crippen molar-refractivity contribution >= 4 is 84.6 Å². The van der Waals surface area contributed by atoms with Gasteiger partial charge in [-0.3, -0.25) is 33.6 Å². The van der Waals surface area contributed by atoms with Crippen molar-refractivity contribution in [1.29, 1.82) is 0 Å². The van der Waals surface area contributed by atoms with Crippen LogP contribution in [0.3, 0.4) is 0 Å². The molecule has 1 heterocycles. The van der Waals surface area contributed by atoms with Gasteiger partial charge < -0.3 is 45.4 Å². The third-order valence-corrected chi connectivity index (χ3v) is 11.2. The fraction of sp³-hybridized carbons (Fsp3) is 0.356. The van der Waals surface area contributed by atoms with Gasteiger partial charge in [0.2, 0.25) is 29.5 Å². The number of aldehydes is 1. The highest BCUT2D eigenvalue weighted by molar-refractivity contribution is 7.39. The van der Waals surface area contributed by atoms with Crippen LogP contribution in [0.2, 0.25) is 0 Å². The number of unbranched alkanes of at least 4 members (excludes halogenated alkanes) is 2. The Hall–Kier alpha value is -6.22. The number of carbonyl (C=O) groups is 7. The molecule has 1 aliphatic heterocycles. The Bertz CT molecular complexity index is 2250. The monoisotopic (exact) mass is 868 g/mol. The van der Waals surface area contributed by atoms with E-state index in [1.165, 1.54) is 17.1 Å². The molecule has 3 aromatic carbocycles. The van der Waals surface area contributed by atoms with E-state index in [1.54, 1.807) is 36.2 Å². The van der Waals surface area contributed by atoms with Crippen molar-refractivity contribution in [1.82, 2.24) is 20.9 Å². The minimum atomic E-state index is -2.68. The number of anilines is 2. The van der Waals surface area contributed by atoms with E-state index < -0.39 is 31.7 Å². The Morgan fingerprint density at radius 1 is 0.887 bits per heavy atom. The van der Waals surface area contributed by atoms with E-state index in [0.717, 1.165) is 29.0 Å². The van der Waals surface area contributed by atoms with Crippen LogP contribution >= 0.6 is 8.60 Å². The SMILES string of the molecule is C/C=C/c1ccc(/C=C/C(=O)N2CCc3c2cc(OP(O)O)c2ccccc32)c(NC(=O)CCNC(=O)CNC(=O)C2(C(=O)NCCCCCN(C)C(=O)/C=C\C=O)CCC2)c1. The number of fused-ring (bicyclic) bond motifs is 3. The summed E-state index contributed by atoms with van der Waals surface area (Å²) in [5, 5.41) is 12.5. The molecule has 3 aromatic rings.